The molecule has 0 radical (unpaired) electrons. The van der Waals surface area contributed by atoms with E-state index >= 15 is 0 Å². The molecular weight excluding hydrogens is 285 g/mol. The second kappa shape index (κ2) is 5.28. The van der Waals surface area contributed by atoms with Crippen molar-refractivity contribution in [2.75, 3.05) is 6.54 Å². The minimum absolute atomic E-state index is 0.00603. The molecule has 21 heavy (non-hydrogen) atoms. The van der Waals surface area contributed by atoms with Gasteiger partial charge in [-0.2, -0.15) is 9.57 Å². The van der Waals surface area contributed by atoms with E-state index in [4.69, 9.17) is 0 Å². The van der Waals surface area contributed by atoms with Crippen LogP contribution in [0.2, 0.25) is 5.82 Å². The Balaban J connectivity index is 2.00. The average molecular weight is 301 g/mol. The molecule has 108 valence electrons. The Labute approximate surface area is 125 Å². The lowest BCUT2D eigenvalue weighted by Crippen LogP contribution is -2.38. The van der Waals surface area contributed by atoms with Gasteiger partial charge in [0.1, 0.15) is 14.0 Å². The number of nitrogens with zero attached hydrogens (tertiary/aromatic N) is 3. The SMILES string of the molecule is BC1C=NC2C(C1)C(C#N)CN2S(=O)(=O)c1ccccc1. The lowest BCUT2D eigenvalue weighted by molar-refractivity contribution is 0.321. The van der Waals surface area contributed by atoms with Crippen LogP contribution in [-0.2, 0) is 10.0 Å². The van der Waals surface area contributed by atoms with Crippen LogP contribution >= 0.6 is 0 Å². The van der Waals surface area contributed by atoms with Crippen LogP contribution < -0.4 is 0 Å². The van der Waals surface area contributed by atoms with Crippen LogP contribution in [0.4, 0.5) is 0 Å². The largest absolute Gasteiger partial charge is 0.278 e. The molecular formula is C14H16BN3O2S. The topological polar surface area (TPSA) is 73.5 Å². The molecule has 4 unspecified atom stereocenters. The van der Waals surface area contributed by atoms with Gasteiger partial charge in [0.2, 0.25) is 10.0 Å². The molecule has 0 N–H and O–H groups in total. The molecule has 1 fully saturated rings. The number of benzene rings is 1. The maximum Gasteiger partial charge on any atom is 0.244 e. The number of hydrogen-bond donors (Lipinski definition) is 0. The zero-order chi connectivity index (χ0) is 15.0. The maximum absolute atomic E-state index is 12.8. The van der Waals surface area contributed by atoms with E-state index in [9.17, 15) is 13.7 Å². The van der Waals surface area contributed by atoms with Crippen molar-refractivity contribution in [3.05, 3.63) is 30.3 Å². The number of hydrogen-bond acceptors (Lipinski definition) is 4. The standard InChI is InChI=1S/C14H16BN3O2S/c15-11-6-13-10(7-16)9-18(14(13)17-8-11)21(19,20)12-4-2-1-3-5-12/h1-5,8,10-11,13-14H,6,9,15H2. The Kier molecular flexibility index (Phi) is 3.60. The van der Waals surface area contributed by atoms with Crippen molar-refractivity contribution < 1.29 is 8.42 Å². The van der Waals surface area contributed by atoms with Crippen molar-refractivity contribution in [2.24, 2.45) is 16.8 Å². The predicted octanol–water partition coefficient (Wildman–Crippen LogP) is 0.669. The lowest BCUT2D eigenvalue weighted by atomic mass is 9.75. The van der Waals surface area contributed by atoms with Crippen molar-refractivity contribution in [1.29, 1.82) is 5.26 Å². The van der Waals surface area contributed by atoms with Gasteiger partial charge in [0.25, 0.3) is 0 Å². The van der Waals surface area contributed by atoms with E-state index < -0.39 is 16.2 Å². The Morgan fingerprint density at radius 2 is 2.05 bits per heavy atom. The van der Waals surface area contributed by atoms with Crippen molar-refractivity contribution in [1.82, 2.24) is 4.31 Å². The van der Waals surface area contributed by atoms with E-state index in [0.29, 0.717) is 5.82 Å². The summed E-state index contributed by atoms with van der Waals surface area (Å²) in [5.74, 6) is 0.00311. The molecule has 0 amide bonds. The normalized spacial score (nSPS) is 32.5. The fourth-order valence-corrected chi connectivity index (χ4v) is 4.78. The average Bonchev–Trinajstić information content (AvgIpc) is 2.86. The van der Waals surface area contributed by atoms with Crippen molar-refractivity contribution in [3.63, 3.8) is 0 Å². The van der Waals surface area contributed by atoms with E-state index in [1.54, 1.807) is 30.3 Å². The first-order valence-electron chi connectivity index (χ1n) is 7.04. The number of aliphatic imine (C=N–C) groups is 1. The molecule has 0 aromatic heterocycles. The maximum atomic E-state index is 12.8. The van der Waals surface area contributed by atoms with Gasteiger partial charge in [0.05, 0.1) is 16.9 Å². The van der Waals surface area contributed by atoms with Gasteiger partial charge in [-0.1, -0.05) is 18.2 Å². The van der Waals surface area contributed by atoms with Gasteiger partial charge in [0.15, 0.2) is 0 Å². The summed E-state index contributed by atoms with van der Waals surface area (Å²) in [5, 5.41) is 9.32. The minimum Gasteiger partial charge on any atom is -0.278 e. The lowest BCUT2D eigenvalue weighted by Gasteiger charge is -2.29. The number of fused-ring (bicyclic) bond motifs is 1. The van der Waals surface area contributed by atoms with Gasteiger partial charge >= 0.3 is 0 Å². The molecule has 2 aliphatic heterocycles. The van der Waals surface area contributed by atoms with Crippen molar-refractivity contribution >= 4 is 24.1 Å². The van der Waals surface area contributed by atoms with Gasteiger partial charge in [0, 0.05) is 12.5 Å². The monoisotopic (exact) mass is 301 g/mol. The summed E-state index contributed by atoms with van der Waals surface area (Å²) in [6.45, 7) is 0.229. The summed E-state index contributed by atoms with van der Waals surface area (Å²) < 4.78 is 26.9. The highest BCUT2D eigenvalue weighted by Gasteiger charge is 2.48. The van der Waals surface area contributed by atoms with Gasteiger partial charge in [-0.25, -0.2) is 8.42 Å². The Hall–Kier alpha value is -1.65. The molecule has 1 aromatic rings. The first kappa shape index (κ1) is 14.3. The first-order chi connectivity index (χ1) is 10.0. The molecule has 4 atom stereocenters. The van der Waals surface area contributed by atoms with E-state index in [1.165, 1.54) is 4.31 Å². The van der Waals surface area contributed by atoms with Crippen molar-refractivity contribution in [2.45, 2.75) is 23.3 Å². The molecule has 0 aliphatic carbocycles. The Bertz CT molecular complexity index is 699. The molecule has 5 nitrogen and oxygen atoms in total. The van der Waals surface area contributed by atoms with Crippen LogP contribution in [0.15, 0.2) is 40.2 Å². The molecule has 0 saturated carbocycles. The molecule has 0 spiro atoms. The fraction of sp³-hybridized carbons (Fsp3) is 0.429. The van der Waals surface area contributed by atoms with Crippen LogP contribution in [0.25, 0.3) is 0 Å². The van der Waals surface area contributed by atoms with Crippen LogP contribution in [0.3, 0.4) is 0 Å². The highest BCUT2D eigenvalue weighted by molar-refractivity contribution is 7.89. The van der Waals surface area contributed by atoms with Gasteiger partial charge in [-0.15, -0.1) is 0 Å². The van der Waals surface area contributed by atoms with E-state index in [2.05, 4.69) is 11.1 Å². The van der Waals surface area contributed by atoms with E-state index in [-0.39, 0.29) is 23.3 Å². The number of rotatable bonds is 2. The number of sulfonamides is 1. The predicted molar refractivity (Wildman–Crippen MR) is 82.1 cm³/mol. The third kappa shape index (κ3) is 2.39. The minimum atomic E-state index is -3.60. The molecule has 3 rings (SSSR count). The highest BCUT2D eigenvalue weighted by atomic mass is 32.2. The fourth-order valence-electron chi connectivity index (χ4n) is 3.16. The summed E-state index contributed by atoms with van der Waals surface area (Å²) >= 11 is 0. The van der Waals surface area contributed by atoms with Crippen molar-refractivity contribution in [3.8, 4) is 6.07 Å². The van der Waals surface area contributed by atoms with Gasteiger partial charge in [-0.05, 0) is 30.6 Å². The van der Waals surface area contributed by atoms with Crippen LogP contribution in [0, 0.1) is 23.2 Å². The summed E-state index contributed by atoms with van der Waals surface area (Å²) in [4.78, 5) is 4.67. The molecule has 2 heterocycles. The molecule has 7 heteroatoms. The summed E-state index contributed by atoms with van der Waals surface area (Å²) in [7, 11) is -1.56. The quantitative estimate of drug-likeness (QED) is 0.754. The van der Waals surface area contributed by atoms with Crippen LogP contribution in [0.1, 0.15) is 6.42 Å². The Morgan fingerprint density at radius 1 is 1.33 bits per heavy atom. The summed E-state index contributed by atoms with van der Waals surface area (Å²) in [6.07, 6.45) is 2.19. The molecule has 1 saturated heterocycles. The summed E-state index contributed by atoms with van der Waals surface area (Å²) in [6, 6.07) is 10.6. The van der Waals surface area contributed by atoms with Gasteiger partial charge < -0.3 is 0 Å². The van der Waals surface area contributed by atoms with Crippen LogP contribution in [-0.4, -0.2) is 39.5 Å². The second-order valence-electron chi connectivity index (χ2n) is 5.71. The highest BCUT2D eigenvalue weighted by Crippen LogP contribution is 2.40. The van der Waals surface area contributed by atoms with E-state index in [1.807, 2.05) is 14.1 Å². The third-order valence-electron chi connectivity index (χ3n) is 4.22. The zero-order valence-electron chi connectivity index (χ0n) is 11.8. The smallest absolute Gasteiger partial charge is 0.244 e. The third-order valence-corrected chi connectivity index (χ3v) is 6.07. The van der Waals surface area contributed by atoms with Gasteiger partial charge in [-0.3, -0.25) is 4.99 Å². The second-order valence-corrected chi connectivity index (χ2v) is 7.60. The molecule has 0 bridgehead atoms. The first-order valence-corrected chi connectivity index (χ1v) is 8.48. The zero-order valence-corrected chi connectivity index (χ0v) is 12.6. The summed E-state index contributed by atoms with van der Waals surface area (Å²) in [5.41, 5.74) is 0. The van der Waals surface area contributed by atoms with E-state index in [0.717, 1.165) is 6.42 Å². The number of nitriles is 1. The molecule has 1 aromatic carbocycles. The Morgan fingerprint density at radius 3 is 2.71 bits per heavy atom. The van der Waals surface area contributed by atoms with Crippen LogP contribution in [0.5, 0.6) is 0 Å². The molecule has 2 aliphatic rings.